The Bertz CT molecular complexity index is 457. The number of carbonyl (C=O) groups is 2. The molecule has 5 heteroatoms. The summed E-state index contributed by atoms with van der Waals surface area (Å²) < 4.78 is 4.67. The lowest BCUT2D eigenvalue weighted by Gasteiger charge is -2.20. The van der Waals surface area contributed by atoms with Crippen LogP contribution in [0.15, 0.2) is 24.3 Å². The van der Waals surface area contributed by atoms with Crippen LogP contribution in [-0.4, -0.2) is 31.6 Å². The van der Waals surface area contributed by atoms with Gasteiger partial charge in [-0.2, -0.15) is 0 Å². The molecular formula is C15H22N2O3. The molecule has 1 aromatic carbocycles. The number of rotatable bonds is 6. The molecule has 0 aliphatic carbocycles. The maximum absolute atomic E-state index is 11.6. The van der Waals surface area contributed by atoms with E-state index in [4.69, 9.17) is 0 Å². The van der Waals surface area contributed by atoms with Crippen molar-refractivity contribution in [3.8, 4) is 0 Å². The lowest BCUT2D eigenvalue weighted by atomic mass is 10.1. The van der Waals surface area contributed by atoms with Gasteiger partial charge < -0.3 is 15.4 Å². The standard InChI is InChI=1S/C15H22N2O3/c1-10-5-7-13(8-6-10)11(2)16-9-14(15(19)20-4)17-12(3)18/h5-8,11,14,16H,9H2,1-4H3,(H,17,18). The van der Waals surface area contributed by atoms with Gasteiger partial charge >= 0.3 is 5.97 Å². The lowest BCUT2D eigenvalue weighted by Crippen LogP contribution is -2.47. The molecule has 2 atom stereocenters. The highest BCUT2D eigenvalue weighted by Gasteiger charge is 2.20. The molecule has 0 fully saturated rings. The number of benzene rings is 1. The minimum Gasteiger partial charge on any atom is -0.467 e. The topological polar surface area (TPSA) is 67.4 Å². The highest BCUT2D eigenvalue weighted by atomic mass is 16.5. The van der Waals surface area contributed by atoms with Crippen molar-refractivity contribution in [3.63, 3.8) is 0 Å². The third-order valence-corrected chi connectivity index (χ3v) is 3.07. The Labute approximate surface area is 119 Å². The molecule has 1 amide bonds. The zero-order valence-corrected chi connectivity index (χ0v) is 12.4. The maximum atomic E-state index is 11.6. The molecular weight excluding hydrogens is 256 g/mol. The molecule has 1 aromatic rings. The van der Waals surface area contributed by atoms with Crippen LogP contribution < -0.4 is 10.6 Å². The molecule has 0 saturated carbocycles. The first-order valence-corrected chi connectivity index (χ1v) is 6.59. The van der Waals surface area contributed by atoms with Crippen LogP contribution in [0.1, 0.15) is 31.0 Å². The van der Waals surface area contributed by atoms with Crippen molar-refractivity contribution in [1.29, 1.82) is 0 Å². The van der Waals surface area contributed by atoms with Gasteiger partial charge in [-0.3, -0.25) is 4.79 Å². The highest BCUT2D eigenvalue weighted by molar-refractivity contribution is 5.83. The average molecular weight is 278 g/mol. The Kier molecular flexibility index (Phi) is 6.18. The van der Waals surface area contributed by atoms with E-state index in [0.717, 1.165) is 5.56 Å². The SMILES string of the molecule is COC(=O)C(CNC(C)c1ccc(C)cc1)NC(C)=O. The van der Waals surface area contributed by atoms with Gasteiger partial charge in [0.15, 0.2) is 0 Å². The zero-order chi connectivity index (χ0) is 15.1. The fourth-order valence-electron chi connectivity index (χ4n) is 1.85. The van der Waals surface area contributed by atoms with Crippen molar-refractivity contribution in [2.45, 2.75) is 32.9 Å². The molecule has 0 aliphatic heterocycles. The van der Waals surface area contributed by atoms with E-state index in [2.05, 4.69) is 15.4 Å². The molecule has 5 nitrogen and oxygen atoms in total. The van der Waals surface area contributed by atoms with Crippen LogP contribution in [0.25, 0.3) is 0 Å². The van der Waals surface area contributed by atoms with Gasteiger partial charge in [-0.05, 0) is 19.4 Å². The number of amides is 1. The highest BCUT2D eigenvalue weighted by Crippen LogP contribution is 2.12. The normalized spacial score (nSPS) is 13.4. The first kappa shape index (κ1) is 16.2. The molecule has 2 N–H and O–H groups in total. The van der Waals surface area contributed by atoms with Gasteiger partial charge in [0.1, 0.15) is 6.04 Å². The summed E-state index contributed by atoms with van der Waals surface area (Å²) in [7, 11) is 1.31. The predicted octanol–water partition coefficient (Wildman–Crippen LogP) is 1.32. The van der Waals surface area contributed by atoms with Crippen LogP contribution in [0.5, 0.6) is 0 Å². The Balaban J connectivity index is 2.59. The number of ether oxygens (including phenoxy) is 1. The monoisotopic (exact) mass is 278 g/mol. The fourth-order valence-corrected chi connectivity index (χ4v) is 1.85. The molecule has 0 radical (unpaired) electrons. The van der Waals surface area contributed by atoms with E-state index >= 15 is 0 Å². The van der Waals surface area contributed by atoms with Gasteiger partial charge in [0.25, 0.3) is 0 Å². The van der Waals surface area contributed by atoms with Crippen LogP contribution in [-0.2, 0) is 14.3 Å². The summed E-state index contributed by atoms with van der Waals surface area (Å²) in [5.41, 5.74) is 2.33. The van der Waals surface area contributed by atoms with E-state index in [1.165, 1.54) is 19.6 Å². The second-order valence-electron chi connectivity index (χ2n) is 4.82. The second-order valence-corrected chi connectivity index (χ2v) is 4.82. The summed E-state index contributed by atoms with van der Waals surface area (Å²) in [5, 5.41) is 5.79. The van der Waals surface area contributed by atoms with Gasteiger partial charge in [-0.25, -0.2) is 4.79 Å². The summed E-state index contributed by atoms with van der Waals surface area (Å²) in [6, 6.07) is 7.57. The first-order valence-electron chi connectivity index (χ1n) is 6.59. The number of hydrogen-bond donors (Lipinski definition) is 2. The molecule has 20 heavy (non-hydrogen) atoms. The number of carbonyl (C=O) groups excluding carboxylic acids is 2. The Hall–Kier alpha value is -1.88. The van der Waals surface area contributed by atoms with E-state index in [1.54, 1.807) is 0 Å². The van der Waals surface area contributed by atoms with Crippen LogP contribution >= 0.6 is 0 Å². The van der Waals surface area contributed by atoms with E-state index in [9.17, 15) is 9.59 Å². The molecule has 1 rings (SSSR count). The van der Waals surface area contributed by atoms with Crippen molar-refractivity contribution < 1.29 is 14.3 Å². The minimum atomic E-state index is -0.676. The quantitative estimate of drug-likeness (QED) is 0.770. The number of nitrogens with one attached hydrogen (secondary N) is 2. The minimum absolute atomic E-state index is 0.0801. The lowest BCUT2D eigenvalue weighted by molar-refractivity contribution is -0.144. The van der Waals surface area contributed by atoms with E-state index < -0.39 is 12.0 Å². The van der Waals surface area contributed by atoms with Gasteiger partial charge in [-0.1, -0.05) is 29.8 Å². The van der Waals surface area contributed by atoms with Gasteiger partial charge in [0.05, 0.1) is 7.11 Å². The molecule has 0 heterocycles. The summed E-state index contributed by atoms with van der Waals surface area (Å²) in [4.78, 5) is 22.6. The molecule has 110 valence electrons. The maximum Gasteiger partial charge on any atom is 0.329 e. The van der Waals surface area contributed by atoms with E-state index in [0.29, 0.717) is 6.54 Å². The van der Waals surface area contributed by atoms with Crippen molar-refractivity contribution in [2.75, 3.05) is 13.7 Å². The summed E-state index contributed by atoms with van der Waals surface area (Å²) >= 11 is 0. The smallest absolute Gasteiger partial charge is 0.329 e. The third kappa shape index (κ3) is 5.01. The van der Waals surface area contributed by atoms with Gasteiger partial charge in [0.2, 0.25) is 5.91 Å². The van der Waals surface area contributed by atoms with Crippen molar-refractivity contribution in [1.82, 2.24) is 10.6 Å². The van der Waals surface area contributed by atoms with Crippen LogP contribution in [0, 0.1) is 6.92 Å². The first-order chi connectivity index (χ1) is 9.43. The second kappa shape index (κ2) is 7.65. The van der Waals surface area contributed by atoms with Crippen LogP contribution in [0.2, 0.25) is 0 Å². The Morgan fingerprint density at radius 1 is 1.25 bits per heavy atom. The zero-order valence-electron chi connectivity index (χ0n) is 12.4. The van der Waals surface area contributed by atoms with Crippen LogP contribution in [0.4, 0.5) is 0 Å². The van der Waals surface area contributed by atoms with Gasteiger partial charge in [-0.15, -0.1) is 0 Å². The number of hydrogen-bond acceptors (Lipinski definition) is 4. The Morgan fingerprint density at radius 3 is 2.35 bits per heavy atom. The van der Waals surface area contributed by atoms with Crippen molar-refractivity contribution in [2.24, 2.45) is 0 Å². The predicted molar refractivity (Wildman–Crippen MR) is 77.2 cm³/mol. The number of methoxy groups -OCH3 is 1. The van der Waals surface area contributed by atoms with E-state index in [1.807, 2.05) is 38.1 Å². The average Bonchev–Trinajstić information content (AvgIpc) is 2.42. The van der Waals surface area contributed by atoms with Gasteiger partial charge in [0, 0.05) is 19.5 Å². The molecule has 0 spiro atoms. The molecule has 2 unspecified atom stereocenters. The van der Waals surface area contributed by atoms with E-state index in [-0.39, 0.29) is 11.9 Å². The van der Waals surface area contributed by atoms with Crippen LogP contribution in [0.3, 0.4) is 0 Å². The molecule has 0 aliphatic rings. The number of esters is 1. The number of aryl methyl sites for hydroxylation is 1. The largest absolute Gasteiger partial charge is 0.467 e. The van der Waals surface area contributed by atoms with Crippen molar-refractivity contribution >= 4 is 11.9 Å². The summed E-state index contributed by atoms with van der Waals surface area (Å²) in [5.74, 6) is -0.714. The third-order valence-electron chi connectivity index (χ3n) is 3.07. The van der Waals surface area contributed by atoms with Crippen molar-refractivity contribution in [3.05, 3.63) is 35.4 Å². The summed E-state index contributed by atoms with van der Waals surface area (Å²) in [6.45, 7) is 5.74. The molecule has 0 bridgehead atoms. The molecule has 0 aromatic heterocycles. The summed E-state index contributed by atoms with van der Waals surface area (Å²) in [6.07, 6.45) is 0. The Morgan fingerprint density at radius 2 is 1.85 bits per heavy atom. The fraction of sp³-hybridized carbons (Fsp3) is 0.467. The molecule has 0 saturated heterocycles.